The van der Waals surface area contributed by atoms with Crippen molar-refractivity contribution in [3.05, 3.63) is 53.5 Å². The highest BCUT2D eigenvalue weighted by molar-refractivity contribution is 5.94. The van der Waals surface area contributed by atoms with Gasteiger partial charge in [-0.3, -0.25) is 9.38 Å². The van der Waals surface area contributed by atoms with Crippen LogP contribution in [0.1, 0.15) is 28.5 Å². The molecule has 4 aromatic rings. The van der Waals surface area contributed by atoms with Crippen LogP contribution in [0.3, 0.4) is 0 Å². The molecule has 130 valence electrons. The summed E-state index contributed by atoms with van der Waals surface area (Å²) in [6, 6.07) is 7.23. The molecule has 0 fully saturated rings. The van der Waals surface area contributed by atoms with Crippen LogP contribution in [0.25, 0.3) is 28.1 Å². The lowest BCUT2D eigenvalue weighted by Crippen LogP contribution is -2.06. The van der Waals surface area contributed by atoms with E-state index in [1.807, 2.05) is 30.4 Å². The van der Waals surface area contributed by atoms with Gasteiger partial charge in [0, 0.05) is 18.0 Å². The SMILES string of the molecule is CCOC(=O)c1ccc2nc(C)c3nnc(-c4cnccc4C)n3c2c1. The Kier molecular flexibility index (Phi) is 3.84. The number of hydrogen-bond donors (Lipinski definition) is 0. The number of carbonyl (C=O) groups excluding carboxylic acids is 1. The molecule has 0 atom stereocenters. The maximum atomic E-state index is 12.1. The molecular formula is C19H17N5O2. The number of fused-ring (bicyclic) bond motifs is 3. The van der Waals surface area contributed by atoms with Gasteiger partial charge in [-0.25, -0.2) is 9.78 Å². The smallest absolute Gasteiger partial charge is 0.338 e. The van der Waals surface area contributed by atoms with Crippen molar-refractivity contribution in [3.63, 3.8) is 0 Å². The second-order valence-corrected chi connectivity index (χ2v) is 5.99. The third-order valence-electron chi connectivity index (χ3n) is 4.28. The zero-order valence-electron chi connectivity index (χ0n) is 14.7. The molecule has 0 spiro atoms. The molecule has 0 unspecified atom stereocenters. The average molecular weight is 347 g/mol. The number of nitrogens with zero attached hydrogens (tertiary/aromatic N) is 5. The van der Waals surface area contributed by atoms with Gasteiger partial charge >= 0.3 is 5.97 Å². The van der Waals surface area contributed by atoms with Crippen LogP contribution in [0.15, 0.2) is 36.7 Å². The largest absolute Gasteiger partial charge is 0.462 e. The zero-order chi connectivity index (χ0) is 18.3. The fourth-order valence-corrected chi connectivity index (χ4v) is 2.99. The maximum absolute atomic E-state index is 12.1. The van der Waals surface area contributed by atoms with Crippen molar-refractivity contribution < 1.29 is 9.53 Å². The Balaban J connectivity index is 2.06. The second-order valence-electron chi connectivity index (χ2n) is 5.99. The topological polar surface area (TPSA) is 82.3 Å². The molecule has 0 aliphatic carbocycles. The molecule has 0 amide bonds. The molecule has 0 N–H and O–H groups in total. The summed E-state index contributed by atoms with van der Waals surface area (Å²) in [4.78, 5) is 20.9. The van der Waals surface area contributed by atoms with Crippen molar-refractivity contribution in [2.45, 2.75) is 20.8 Å². The highest BCUT2D eigenvalue weighted by Gasteiger charge is 2.17. The van der Waals surface area contributed by atoms with E-state index in [1.165, 1.54) is 0 Å². The summed E-state index contributed by atoms with van der Waals surface area (Å²) in [5.41, 5.74) is 5.31. The molecule has 1 aromatic carbocycles. The molecule has 7 nitrogen and oxygen atoms in total. The van der Waals surface area contributed by atoms with Crippen LogP contribution in [0, 0.1) is 13.8 Å². The van der Waals surface area contributed by atoms with E-state index in [0.29, 0.717) is 23.6 Å². The predicted octanol–water partition coefficient (Wildman–Crippen LogP) is 3.13. The van der Waals surface area contributed by atoms with Gasteiger partial charge in [0.05, 0.1) is 28.9 Å². The minimum atomic E-state index is -0.365. The Morgan fingerprint density at radius 3 is 2.81 bits per heavy atom. The number of carbonyl (C=O) groups is 1. The quantitative estimate of drug-likeness (QED) is 0.530. The summed E-state index contributed by atoms with van der Waals surface area (Å²) >= 11 is 0. The summed E-state index contributed by atoms with van der Waals surface area (Å²) < 4.78 is 7.04. The van der Waals surface area contributed by atoms with E-state index >= 15 is 0 Å². The lowest BCUT2D eigenvalue weighted by atomic mass is 10.1. The molecule has 0 radical (unpaired) electrons. The van der Waals surface area contributed by atoms with Gasteiger partial charge < -0.3 is 4.74 Å². The van der Waals surface area contributed by atoms with Crippen molar-refractivity contribution in [2.75, 3.05) is 6.61 Å². The predicted molar refractivity (Wildman–Crippen MR) is 96.9 cm³/mol. The minimum absolute atomic E-state index is 0.325. The maximum Gasteiger partial charge on any atom is 0.338 e. The highest BCUT2D eigenvalue weighted by Crippen LogP contribution is 2.26. The van der Waals surface area contributed by atoms with Crippen molar-refractivity contribution in [2.24, 2.45) is 0 Å². The first-order chi connectivity index (χ1) is 12.6. The summed E-state index contributed by atoms with van der Waals surface area (Å²) in [7, 11) is 0. The summed E-state index contributed by atoms with van der Waals surface area (Å²) in [6.45, 7) is 6.00. The minimum Gasteiger partial charge on any atom is -0.462 e. The van der Waals surface area contributed by atoms with Crippen LogP contribution in [0.5, 0.6) is 0 Å². The first kappa shape index (κ1) is 16.1. The summed E-state index contributed by atoms with van der Waals surface area (Å²) in [5.74, 6) is 0.303. The van der Waals surface area contributed by atoms with Gasteiger partial charge in [-0.1, -0.05) is 0 Å². The van der Waals surface area contributed by atoms with Gasteiger partial charge in [-0.15, -0.1) is 10.2 Å². The fraction of sp³-hybridized carbons (Fsp3) is 0.211. The second kappa shape index (κ2) is 6.18. The number of benzene rings is 1. The van der Waals surface area contributed by atoms with Gasteiger partial charge in [0.1, 0.15) is 0 Å². The standard InChI is InChI=1S/C19H17N5O2/c1-4-26-19(25)13-5-6-15-16(9-13)24-17(12(3)21-15)22-23-18(24)14-10-20-8-7-11(14)2/h5-10H,4H2,1-3H3. The lowest BCUT2D eigenvalue weighted by molar-refractivity contribution is 0.0526. The van der Waals surface area contributed by atoms with Gasteiger partial charge in [0.25, 0.3) is 0 Å². The van der Waals surface area contributed by atoms with Gasteiger partial charge in [0.15, 0.2) is 11.5 Å². The van der Waals surface area contributed by atoms with E-state index < -0.39 is 0 Å². The molecule has 0 aliphatic rings. The first-order valence-corrected chi connectivity index (χ1v) is 8.33. The molecule has 0 aliphatic heterocycles. The Hall–Kier alpha value is -3.35. The van der Waals surface area contributed by atoms with Crippen LogP contribution in [0.2, 0.25) is 0 Å². The normalized spacial score (nSPS) is 11.2. The number of esters is 1. The third kappa shape index (κ3) is 2.48. The monoisotopic (exact) mass is 347 g/mol. The van der Waals surface area contributed by atoms with Gasteiger partial charge in [0.2, 0.25) is 0 Å². The number of aromatic nitrogens is 5. The first-order valence-electron chi connectivity index (χ1n) is 8.33. The fourth-order valence-electron chi connectivity index (χ4n) is 2.99. The summed E-state index contributed by atoms with van der Waals surface area (Å²) in [5, 5.41) is 8.67. The van der Waals surface area contributed by atoms with Crippen LogP contribution in [0.4, 0.5) is 0 Å². The van der Waals surface area contributed by atoms with Crippen molar-refractivity contribution in [3.8, 4) is 11.4 Å². The molecule has 3 aromatic heterocycles. The van der Waals surface area contributed by atoms with E-state index in [4.69, 9.17) is 4.74 Å². The molecule has 7 heteroatoms. The van der Waals surface area contributed by atoms with Crippen molar-refractivity contribution in [1.82, 2.24) is 24.6 Å². The Morgan fingerprint density at radius 1 is 1.19 bits per heavy atom. The van der Waals surface area contributed by atoms with E-state index in [-0.39, 0.29) is 5.97 Å². The number of pyridine rings is 1. The number of aryl methyl sites for hydroxylation is 2. The molecule has 4 rings (SSSR count). The molecule has 0 saturated carbocycles. The molecule has 0 saturated heterocycles. The molecular weight excluding hydrogens is 330 g/mol. The van der Waals surface area contributed by atoms with E-state index in [0.717, 1.165) is 27.9 Å². The molecule has 0 bridgehead atoms. The van der Waals surface area contributed by atoms with Crippen LogP contribution < -0.4 is 0 Å². The van der Waals surface area contributed by atoms with Crippen LogP contribution in [-0.4, -0.2) is 37.1 Å². The molecule has 3 heterocycles. The third-order valence-corrected chi connectivity index (χ3v) is 4.28. The van der Waals surface area contributed by atoms with Gasteiger partial charge in [-0.2, -0.15) is 0 Å². The highest BCUT2D eigenvalue weighted by atomic mass is 16.5. The number of hydrogen-bond acceptors (Lipinski definition) is 6. The molecule has 26 heavy (non-hydrogen) atoms. The van der Waals surface area contributed by atoms with E-state index in [9.17, 15) is 4.79 Å². The Morgan fingerprint density at radius 2 is 2.04 bits per heavy atom. The summed E-state index contributed by atoms with van der Waals surface area (Å²) in [6.07, 6.45) is 3.51. The van der Waals surface area contributed by atoms with Crippen LogP contribution in [-0.2, 0) is 4.74 Å². The Labute approximate surface area is 149 Å². The van der Waals surface area contributed by atoms with Crippen LogP contribution >= 0.6 is 0 Å². The zero-order valence-corrected chi connectivity index (χ0v) is 14.7. The van der Waals surface area contributed by atoms with E-state index in [2.05, 4.69) is 20.2 Å². The number of rotatable bonds is 3. The van der Waals surface area contributed by atoms with Gasteiger partial charge in [-0.05, 0) is 50.6 Å². The van der Waals surface area contributed by atoms with Crippen molar-refractivity contribution >= 4 is 22.6 Å². The van der Waals surface area contributed by atoms with E-state index in [1.54, 1.807) is 31.5 Å². The van der Waals surface area contributed by atoms with Crippen molar-refractivity contribution in [1.29, 1.82) is 0 Å². The lowest BCUT2D eigenvalue weighted by Gasteiger charge is -2.09. The number of ether oxygens (including phenoxy) is 1. The Bertz CT molecular complexity index is 1150. The average Bonchev–Trinajstić information content (AvgIpc) is 3.08.